The molecule has 0 bridgehead atoms. The highest BCUT2D eigenvalue weighted by atomic mass is 35.5. The van der Waals surface area contributed by atoms with Gasteiger partial charge in [-0.25, -0.2) is 4.98 Å². The highest BCUT2D eigenvalue weighted by Crippen LogP contribution is 2.28. The lowest BCUT2D eigenvalue weighted by atomic mass is 10.1. The minimum atomic E-state index is 0.738. The molecule has 3 rings (SSSR count). The summed E-state index contributed by atoms with van der Waals surface area (Å²) >= 11 is 7.51. The average molecular weight is 315 g/mol. The molecule has 0 saturated carbocycles. The van der Waals surface area contributed by atoms with Crippen molar-refractivity contribution in [1.29, 1.82) is 0 Å². The Morgan fingerprint density at radius 1 is 1.00 bits per heavy atom. The molecule has 21 heavy (non-hydrogen) atoms. The lowest BCUT2D eigenvalue weighted by Crippen LogP contribution is -1.91. The summed E-state index contributed by atoms with van der Waals surface area (Å²) in [6.07, 6.45) is 0. The van der Waals surface area contributed by atoms with Gasteiger partial charge in [0.1, 0.15) is 0 Å². The molecule has 1 heterocycles. The average Bonchev–Trinajstić information content (AvgIpc) is 2.92. The zero-order chi connectivity index (χ0) is 14.8. The minimum absolute atomic E-state index is 0.738. The number of thiazole rings is 1. The third kappa shape index (κ3) is 3.26. The van der Waals surface area contributed by atoms with Crippen molar-refractivity contribution in [3.8, 4) is 11.3 Å². The highest BCUT2D eigenvalue weighted by molar-refractivity contribution is 7.14. The van der Waals surface area contributed by atoms with Crippen LogP contribution in [0.15, 0.2) is 47.8 Å². The first kappa shape index (κ1) is 14.1. The van der Waals surface area contributed by atoms with E-state index in [2.05, 4.69) is 42.3 Å². The standard InChI is InChI=1S/C17H15ClN2S/c1-11-3-8-15(9-12(11)2)19-17-20-16(10-21-17)13-4-6-14(18)7-5-13/h3-10H,1-2H3,(H,19,20). The predicted molar refractivity (Wildman–Crippen MR) is 91.8 cm³/mol. The van der Waals surface area contributed by atoms with E-state index in [1.165, 1.54) is 11.1 Å². The fourth-order valence-electron chi connectivity index (χ4n) is 2.03. The second-order valence-electron chi connectivity index (χ2n) is 4.97. The van der Waals surface area contributed by atoms with Crippen LogP contribution in [0.1, 0.15) is 11.1 Å². The molecule has 106 valence electrons. The van der Waals surface area contributed by atoms with Crippen molar-refractivity contribution >= 4 is 33.8 Å². The topological polar surface area (TPSA) is 24.9 Å². The van der Waals surface area contributed by atoms with Gasteiger partial charge in [0, 0.05) is 21.7 Å². The van der Waals surface area contributed by atoms with Crippen molar-refractivity contribution in [3.05, 3.63) is 64.0 Å². The number of halogens is 1. The third-order valence-corrected chi connectivity index (χ3v) is 4.41. The van der Waals surface area contributed by atoms with Gasteiger partial charge in [-0.05, 0) is 49.2 Å². The largest absolute Gasteiger partial charge is 0.332 e. The van der Waals surface area contributed by atoms with Crippen LogP contribution in [0.4, 0.5) is 10.8 Å². The molecule has 1 N–H and O–H groups in total. The molecule has 4 heteroatoms. The number of hydrogen-bond donors (Lipinski definition) is 1. The van der Waals surface area contributed by atoms with E-state index in [1.54, 1.807) is 11.3 Å². The first-order valence-corrected chi connectivity index (χ1v) is 7.93. The highest BCUT2D eigenvalue weighted by Gasteiger charge is 2.05. The zero-order valence-corrected chi connectivity index (χ0v) is 13.4. The van der Waals surface area contributed by atoms with Crippen LogP contribution in [0.3, 0.4) is 0 Å². The summed E-state index contributed by atoms with van der Waals surface area (Å²) in [4.78, 5) is 4.62. The van der Waals surface area contributed by atoms with E-state index in [-0.39, 0.29) is 0 Å². The van der Waals surface area contributed by atoms with E-state index in [0.29, 0.717) is 0 Å². The summed E-state index contributed by atoms with van der Waals surface area (Å²) in [6.45, 7) is 4.22. The van der Waals surface area contributed by atoms with Crippen molar-refractivity contribution < 1.29 is 0 Å². The molecule has 2 aromatic carbocycles. The van der Waals surface area contributed by atoms with Crippen LogP contribution in [-0.4, -0.2) is 4.98 Å². The van der Waals surface area contributed by atoms with Gasteiger partial charge in [0.05, 0.1) is 5.69 Å². The normalized spacial score (nSPS) is 10.6. The summed E-state index contributed by atoms with van der Waals surface area (Å²) in [6, 6.07) is 14.1. The van der Waals surface area contributed by atoms with E-state index in [0.717, 1.165) is 27.1 Å². The number of aryl methyl sites for hydroxylation is 2. The van der Waals surface area contributed by atoms with Crippen molar-refractivity contribution in [1.82, 2.24) is 4.98 Å². The van der Waals surface area contributed by atoms with Crippen molar-refractivity contribution in [2.24, 2.45) is 0 Å². The number of aromatic nitrogens is 1. The quantitative estimate of drug-likeness (QED) is 0.658. The second kappa shape index (κ2) is 5.88. The van der Waals surface area contributed by atoms with E-state index >= 15 is 0 Å². The van der Waals surface area contributed by atoms with E-state index in [4.69, 9.17) is 11.6 Å². The van der Waals surface area contributed by atoms with Crippen molar-refractivity contribution in [2.45, 2.75) is 13.8 Å². The van der Waals surface area contributed by atoms with Gasteiger partial charge in [0.15, 0.2) is 5.13 Å². The van der Waals surface area contributed by atoms with Gasteiger partial charge in [-0.1, -0.05) is 29.8 Å². The van der Waals surface area contributed by atoms with Gasteiger partial charge >= 0.3 is 0 Å². The Morgan fingerprint density at radius 3 is 2.48 bits per heavy atom. The van der Waals surface area contributed by atoms with Crippen LogP contribution in [0, 0.1) is 13.8 Å². The Hall–Kier alpha value is -1.84. The third-order valence-electron chi connectivity index (χ3n) is 3.40. The predicted octanol–water partition coefficient (Wildman–Crippen LogP) is 5.82. The lowest BCUT2D eigenvalue weighted by Gasteiger charge is -2.05. The summed E-state index contributed by atoms with van der Waals surface area (Å²) in [5, 5.41) is 7.03. The van der Waals surface area contributed by atoms with E-state index in [1.807, 2.05) is 29.6 Å². The number of nitrogens with zero attached hydrogens (tertiary/aromatic N) is 1. The maximum atomic E-state index is 5.91. The van der Waals surface area contributed by atoms with Gasteiger partial charge in [-0.3, -0.25) is 0 Å². The van der Waals surface area contributed by atoms with Gasteiger partial charge in [-0.15, -0.1) is 11.3 Å². The Morgan fingerprint density at radius 2 is 1.76 bits per heavy atom. The van der Waals surface area contributed by atoms with Gasteiger partial charge < -0.3 is 5.32 Å². The Bertz CT molecular complexity index is 763. The molecular formula is C17H15ClN2S. The van der Waals surface area contributed by atoms with Crippen molar-refractivity contribution in [3.63, 3.8) is 0 Å². The van der Waals surface area contributed by atoms with Crippen molar-refractivity contribution in [2.75, 3.05) is 5.32 Å². The van der Waals surface area contributed by atoms with Crippen LogP contribution < -0.4 is 5.32 Å². The molecule has 0 radical (unpaired) electrons. The minimum Gasteiger partial charge on any atom is -0.332 e. The Balaban J connectivity index is 1.81. The molecule has 1 aromatic heterocycles. The lowest BCUT2D eigenvalue weighted by molar-refractivity contribution is 1.33. The fraction of sp³-hybridized carbons (Fsp3) is 0.118. The van der Waals surface area contributed by atoms with E-state index in [9.17, 15) is 0 Å². The maximum Gasteiger partial charge on any atom is 0.187 e. The monoisotopic (exact) mass is 314 g/mol. The summed E-state index contributed by atoms with van der Waals surface area (Å²) < 4.78 is 0. The number of nitrogens with one attached hydrogen (secondary N) is 1. The number of hydrogen-bond acceptors (Lipinski definition) is 3. The smallest absolute Gasteiger partial charge is 0.187 e. The first-order chi connectivity index (χ1) is 10.1. The fourth-order valence-corrected chi connectivity index (χ4v) is 2.89. The molecule has 0 fully saturated rings. The van der Waals surface area contributed by atoms with Crippen LogP contribution in [0.5, 0.6) is 0 Å². The van der Waals surface area contributed by atoms with Gasteiger partial charge in [0.25, 0.3) is 0 Å². The first-order valence-electron chi connectivity index (χ1n) is 6.67. The number of anilines is 2. The van der Waals surface area contributed by atoms with E-state index < -0.39 is 0 Å². The molecule has 3 aromatic rings. The summed E-state index contributed by atoms with van der Waals surface area (Å²) in [7, 11) is 0. The molecule has 0 atom stereocenters. The van der Waals surface area contributed by atoms with Crippen LogP contribution in [-0.2, 0) is 0 Å². The summed E-state index contributed by atoms with van der Waals surface area (Å²) in [5.41, 5.74) is 5.66. The Kier molecular flexibility index (Phi) is 3.95. The Labute approximate surface area is 133 Å². The molecule has 0 spiro atoms. The molecule has 0 aliphatic rings. The molecule has 0 saturated heterocycles. The molecule has 0 unspecified atom stereocenters. The number of rotatable bonds is 3. The molecule has 0 aliphatic carbocycles. The number of benzene rings is 2. The molecular weight excluding hydrogens is 300 g/mol. The van der Waals surface area contributed by atoms with Gasteiger partial charge in [-0.2, -0.15) is 0 Å². The van der Waals surface area contributed by atoms with Crippen LogP contribution >= 0.6 is 22.9 Å². The van der Waals surface area contributed by atoms with Crippen LogP contribution in [0.2, 0.25) is 5.02 Å². The molecule has 0 aliphatic heterocycles. The SMILES string of the molecule is Cc1ccc(Nc2nc(-c3ccc(Cl)cc3)cs2)cc1C. The molecule has 0 amide bonds. The second-order valence-corrected chi connectivity index (χ2v) is 6.26. The van der Waals surface area contributed by atoms with Gasteiger partial charge in [0.2, 0.25) is 0 Å². The maximum absolute atomic E-state index is 5.91. The summed E-state index contributed by atoms with van der Waals surface area (Å²) in [5.74, 6) is 0. The zero-order valence-electron chi connectivity index (χ0n) is 11.9. The molecule has 2 nitrogen and oxygen atoms in total. The van der Waals surface area contributed by atoms with Crippen LogP contribution in [0.25, 0.3) is 11.3 Å².